The van der Waals surface area contributed by atoms with E-state index < -0.39 is 0 Å². The number of aryl methyl sites for hydroxylation is 1. The first-order valence-electron chi connectivity index (χ1n) is 7.49. The van der Waals surface area contributed by atoms with Gasteiger partial charge in [0.1, 0.15) is 10.7 Å². The second kappa shape index (κ2) is 4.94. The summed E-state index contributed by atoms with van der Waals surface area (Å²) >= 11 is 1.63. The van der Waals surface area contributed by atoms with Crippen LogP contribution in [0.5, 0.6) is 0 Å². The molecular weight excluding hydrogens is 284 g/mol. The molecule has 0 radical (unpaired) electrons. The maximum Gasteiger partial charge on any atom is 0.272 e. The number of nitrogens with one attached hydrogen (secondary N) is 2. The van der Waals surface area contributed by atoms with Gasteiger partial charge in [-0.25, -0.2) is 4.98 Å². The van der Waals surface area contributed by atoms with E-state index in [1.807, 2.05) is 18.4 Å². The van der Waals surface area contributed by atoms with Crippen molar-refractivity contribution >= 4 is 17.2 Å². The normalized spacial score (nSPS) is 19.5. The minimum absolute atomic E-state index is 0.0391. The van der Waals surface area contributed by atoms with Gasteiger partial charge in [0.05, 0.1) is 6.04 Å². The van der Waals surface area contributed by atoms with Crippen LogP contribution in [0.4, 0.5) is 0 Å². The molecule has 1 amide bonds. The first-order valence-corrected chi connectivity index (χ1v) is 8.37. The maximum absolute atomic E-state index is 12.4. The number of carbonyl (C=O) groups excluding carboxylic acids is 1. The lowest BCUT2D eigenvalue weighted by atomic mass is 10.2. The molecule has 0 spiro atoms. The zero-order valence-electron chi connectivity index (χ0n) is 11.9. The van der Waals surface area contributed by atoms with Gasteiger partial charge in [-0.1, -0.05) is 0 Å². The van der Waals surface area contributed by atoms with Gasteiger partial charge in [0.15, 0.2) is 0 Å². The van der Waals surface area contributed by atoms with Crippen LogP contribution < -0.4 is 5.32 Å². The predicted molar refractivity (Wildman–Crippen MR) is 80.3 cm³/mol. The molecule has 2 heterocycles. The van der Waals surface area contributed by atoms with Gasteiger partial charge in [-0.2, -0.15) is 5.10 Å². The van der Waals surface area contributed by atoms with Crippen LogP contribution >= 0.6 is 11.3 Å². The van der Waals surface area contributed by atoms with Gasteiger partial charge in [-0.05, 0) is 44.6 Å². The van der Waals surface area contributed by atoms with Crippen LogP contribution in [0.25, 0.3) is 0 Å². The van der Waals surface area contributed by atoms with Crippen LogP contribution in [0.2, 0.25) is 0 Å². The lowest BCUT2D eigenvalue weighted by molar-refractivity contribution is 0.0926. The number of hydrogen-bond acceptors (Lipinski definition) is 4. The molecule has 2 aliphatic carbocycles. The zero-order chi connectivity index (χ0) is 14.4. The number of thiazole rings is 1. The summed E-state index contributed by atoms with van der Waals surface area (Å²) in [5.74, 6) is 1.02. The van der Waals surface area contributed by atoms with E-state index in [0.29, 0.717) is 17.5 Å². The van der Waals surface area contributed by atoms with E-state index in [4.69, 9.17) is 0 Å². The minimum atomic E-state index is -0.0945. The summed E-state index contributed by atoms with van der Waals surface area (Å²) in [6.45, 7) is 1.99. The maximum atomic E-state index is 12.4. The number of carbonyl (C=O) groups is 1. The van der Waals surface area contributed by atoms with E-state index in [1.165, 1.54) is 12.8 Å². The number of hydrogen-bond donors (Lipinski definition) is 2. The fraction of sp³-hybridized carbons (Fsp3) is 0.533. The van der Waals surface area contributed by atoms with Crippen LogP contribution in [0.15, 0.2) is 11.4 Å². The molecular formula is C15H18N4OS. The minimum Gasteiger partial charge on any atom is -0.341 e. The van der Waals surface area contributed by atoms with Crippen molar-refractivity contribution in [3.8, 4) is 0 Å². The van der Waals surface area contributed by atoms with Crippen molar-refractivity contribution in [1.82, 2.24) is 20.5 Å². The first-order chi connectivity index (χ1) is 10.2. The second-order valence-electron chi connectivity index (χ2n) is 6.10. The van der Waals surface area contributed by atoms with Crippen molar-refractivity contribution in [2.75, 3.05) is 0 Å². The van der Waals surface area contributed by atoms with Gasteiger partial charge in [-0.15, -0.1) is 11.3 Å². The number of nitrogens with zero attached hydrogens (tertiary/aromatic N) is 2. The molecule has 2 fully saturated rings. The molecule has 21 heavy (non-hydrogen) atoms. The van der Waals surface area contributed by atoms with Crippen LogP contribution in [-0.2, 0) is 0 Å². The monoisotopic (exact) mass is 302 g/mol. The zero-order valence-corrected chi connectivity index (χ0v) is 12.7. The van der Waals surface area contributed by atoms with Crippen LogP contribution in [-0.4, -0.2) is 21.1 Å². The van der Waals surface area contributed by atoms with Gasteiger partial charge in [0.2, 0.25) is 0 Å². The fourth-order valence-corrected chi connectivity index (χ4v) is 3.54. The average Bonchev–Trinajstić information content (AvgIpc) is 3.40. The molecule has 2 saturated carbocycles. The van der Waals surface area contributed by atoms with Gasteiger partial charge < -0.3 is 5.32 Å². The van der Waals surface area contributed by atoms with Gasteiger partial charge in [0.25, 0.3) is 5.91 Å². The summed E-state index contributed by atoms with van der Waals surface area (Å²) in [7, 11) is 0. The molecule has 0 saturated heterocycles. The highest BCUT2D eigenvalue weighted by atomic mass is 32.1. The third-order valence-electron chi connectivity index (χ3n) is 4.13. The molecule has 2 aromatic rings. The van der Waals surface area contributed by atoms with Gasteiger partial charge >= 0.3 is 0 Å². The average molecular weight is 302 g/mol. The Labute approximate surface area is 127 Å². The summed E-state index contributed by atoms with van der Waals surface area (Å²) < 4.78 is 0. The molecule has 110 valence electrons. The highest BCUT2D eigenvalue weighted by molar-refractivity contribution is 7.09. The second-order valence-corrected chi connectivity index (χ2v) is 6.99. The van der Waals surface area contributed by atoms with Gasteiger partial charge in [-0.3, -0.25) is 9.89 Å². The van der Waals surface area contributed by atoms with E-state index in [9.17, 15) is 4.79 Å². The topological polar surface area (TPSA) is 70.7 Å². The Bertz CT molecular complexity index is 669. The van der Waals surface area contributed by atoms with Crippen LogP contribution in [0, 0.1) is 12.8 Å². The smallest absolute Gasteiger partial charge is 0.272 e. The first kappa shape index (κ1) is 13.0. The Morgan fingerprint density at radius 2 is 2.24 bits per heavy atom. The quantitative estimate of drug-likeness (QED) is 0.892. The molecule has 6 heteroatoms. The Kier molecular flexibility index (Phi) is 3.06. The van der Waals surface area contributed by atoms with Crippen molar-refractivity contribution in [3.05, 3.63) is 33.5 Å². The fourth-order valence-electron chi connectivity index (χ4n) is 2.60. The predicted octanol–water partition coefficient (Wildman–Crippen LogP) is 2.93. The molecule has 4 rings (SSSR count). The van der Waals surface area contributed by atoms with Crippen molar-refractivity contribution in [3.63, 3.8) is 0 Å². The molecule has 2 aromatic heterocycles. The van der Waals surface area contributed by atoms with E-state index in [1.54, 1.807) is 11.3 Å². The number of amides is 1. The number of aromatic nitrogens is 3. The largest absolute Gasteiger partial charge is 0.341 e. The summed E-state index contributed by atoms with van der Waals surface area (Å²) in [5.41, 5.74) is 2.61. The standard InChI is InChI=1S/C15H18N4OS/c1-8-7-21-15(16-8)13(10-4-5-10)17-14(20)12-6-11(18-19-12)9-2-3-9/h6-7,9-10,13H,2-5H2,1H3,(H,17,20)(H,18,19)/t13-/m0/s1. The SMILES string of the molecule is Cc1csc([C@@H](NC(=O)c2cc(C3CC3)[nH]n2)C2CC2)n1. The van der Waals surface area contributed by atoms with E-state index in [-0.39, 0.29) is 11.9 Å². The van der Waals surface area contributed by atoms with Crippen LogP contribution in [0.3, 0.4) is 0 Å². The van der Waals surface area contributed by atoms with Crippen LogP contribution in [0.1, 0.15) is 64.5 Å². The molecule has 2 aliphatic rings. The third-order valence-corrected chi connectivity index (χ3v) is 5.18. The van der Waals surface area contributed by atoms with Gasteiger partial charge in [0, 0.05) is 22.7 Å². The lowest BCUT2D eigenvalue weighted by Crippen LogP contribution is -2.30. The Morgan fingerprint density at radius 3 is 2.86 bits per heavy atom. The summed E-state index contributed by atoms with van der Waals surface area (Å²) in [4.78, 5) is 16.9. The molecule has 1 atom stereocenters. The molecule has 0 unspecified atom stereocenters. The Balaban J connectivity index is 1.50. The van der Waals surface area contributed by atoms with E-state index >= 15 is 0 Å². The molecule has 0 aliphatic heterocycles. The highest BCUT2D eigenvalue weighted by Crippen LogP contribution is 2.42. The van der Waals surface area contributed by atoms with Crippen molar-refractivity contribution in [2.45, 2.75) is 44.6 Å². The highest BCUT2D eigenvalue weighted by Gasteiger charge is 2.36. The van der Waals surface area contributed by atoms with E-state index in [2.05, 4.69) is 20.5 Å². The summed E-state index contributed by atoms with van der Waals surface area (Å²) in [6, 6.07) is 1.93. The van der Waals surface area contributed by atoms with Crippen molar-refractivity contribution in [1.29, 1.82) is 0 Å². The Morgan fingerprint density at radius 1 is 1.43 bits per heavy atom. The molecule has 0 bridgehead atoms. The Hall–Kier alpha value is -1.69. The third kappa shape index (κ3) is 2.72. The number of rotatable bonds is 5. The molecule has 0 aromatic carbocycles. The number of aromatic amines is 1. The van der Waals surface area contributed by atoms with Crippen molar-refractivity contribution < 1.29 is 4.79 Å². The molecule has 5 nitrogen and oxygen atoms in total. The molecule has 2 N–H and O–H groups in total. The van der Waals surface area contributed by atoms with E-state index in [0.717, 1.165) is 29.2 Å². The lowest BCUT2D eigenvalue weighted by Gasteiger charge is -2.14. The number of H-pyrrole nitrogens is 1. The summed E-state index contributed by atoms with van der Waals surface area (Å²) in [5, 5.41) is 13.3. The summed E-state index contributed by atoms with van der Waals surface area (Å²) in [6.07, 6.45) is 4.73. The van der Waals surface area contributed by atoms with Crippen molar-refractivity contribution in [2.24, 2.45) is 5.92 Å².